The molecule has 0 fully saturated rings. The third-order valence-electron chi connectivity index (χ3n) is 8.81. The van der Waals surface area contributed by atoms with E-state index in [-0.39, 0.29) is 61.5 Å². The molecule has 1 aromatic carbocycles. The molecule has 3 heterocycles. The average molecular weight is 635 g/mol. The number of aryl methyl sites for hydroxylation is 2. The molecule has 246 valence electrons. The van der Waals surface area contributed by atoms with Crippen LogP contribution in [-0.2, 0) is 29.5 Å². The van der Waals surface area contributed by atoms with Crippen LogP contribution < -0.4 is 5.32 Å². The van der Waals surface area contributed by atoms with Crippen LogP contribution in [0.3, 0.4) is 0 Å². The molecule has 0 radical (unpaired) electrons. The highest BCUT2D eigenvalue weighted by Crippen LogP contribution is 2.29. The van der Waals surface area contributed by atoms with Gasteiger partial charge in [-0.3, -0.25) is 23.9 Å². The van der Waals surface area contributed by atoms with E-state index in [0.29, 0.717) is 60.9 Å². The summed E-state index contributed by atoms with van der Waals surface area (Å²) in [4.78, 5) is 66.8. The van der Waals surface area contributed by atoms with Crippen molar-refractivity contribution in [2.24, 2.45) is 13.0 Å². The lowest BCUT2D eigenvalue weighted by atomic mass is 9.89. The van der Waals surface area contributed by atoms with Crippen LogP contribution in [-0.4, -0.2) is 104 Å². The van der Waals surface area contributed by atoms with Gasteiger partial charge in [0, 0.05) is 62.3 Å². The predicted molar refractivity (Wildman–Crippen MR) is 169 cm³/mol. The number of hydrogen-bond donors (Lipinski definition) is 2. The highest BCUT2D eigenvalue weighted by atomic mass is 19.1. The second kappa shape index (κ2) is 13.8. The molecule has 13 heteroatoms. The topological polar surface area (TPSA) is 137 Å². The lowest BCUT2D eigenvalue weighted by Gasteiger charge is -2.36. The van der Waals surface area contributed by atoms with Crippen molar-refractivity contribution in [3.8, 4) is 11.4 Å². The highest BCUT2D eigenvalue weighted by Gasteiger charge is 2.35. The molecule has 0 spiro atoms. The quantitative estimate of drug-likeness (QED) is 0.443. The number of halogens is 1. The third kappa shape index (κ3) is 7.13. The third-order valence-corrected chi connectivity index (χ3v) is 8.81. The predicted octanol–water partition coefficient (Wildman–Crippen LogP) is 2.72. The summed E-state index contributed by atoms with van der Waals surface area (Å²) < 4.78 is 15.2. The minimum Gasteiger partial charge on any atom is -0.354 e. The van der Waals surface area contributed by atoms with Gasteiger partial charge in [0.05, 0.1) is 6.54 Å². The molecular formula is C33H43FN8O4. The van der Waals surface area contributed by atoms with Crippen molar-refractivity contribution >= 4 is 23.6 Å². The molecule has 1 aliphatic heterocycles. The molecule has 2 aliphatic rings. The van der Waals surface area contributed by atoms with E-state index in [2.05, 4.69) is 34.2 Å². The van der Waals surface area contributed by atoms with Gasteiger partial charge in [0.15, 0.2) is 5.69 Å². The molecule has 2 aromatic heterocycles. The molecule has 0 saturated carbocycles. The maximum absolute atomic E-state index is 14.2. The Kier molecular flexibility index (Phi) is 9.88. The van der Waals surface area contributed by atoms with Gasteiger partial charge in [0.25, 0.3) is 11.8 Å². The molecule has 1 aliphatic carbocycles. The number of H-pyrrole nitrogens is 1. The van der Waals surface area contributed by atoms with E-state index in [0.717, 1.165) is 17.7 Å². The number of benzene rings is 1. The Hall–Kier alpha value is -4.55. The maximum atomic E-state index is 14.2. The lowest BCUT2D eigenvalue weighted by Crippen LogP contribution is -2.50. The summed E-state index contributed by atoms with van der Waals surface area (Å²) in [6, 6.07) is 5.65. The number of hydrogen-bond acceptors (Lipinski definition) is 6. The SMILES string of the molecule is Cc1[nH]c(-c2ccc(F)cc2)nc1C(=O)N1CCCNC(=O)CN(C)C(=O)c2nn(C)c3c2CC(CC3)N(CCC(C)C)C(=O)C1. The zero-order chi connectivity index (χ0) is 33.1. The summed E-state index contributed by atoms with van der Waals surface area (Å²) in [5.74, 6) is -0.833. The maximum Gasteiger partial charge on any atom is 0.274 e. The summed E-state index contributed by atoms with van der Waals surface area (Å²) in [5.41, 5.74) is 3.41. The summed E-state index contributed by atoms with van der Waals surface area (Å²) in [6.07, 6.45) is 2.99. The second-order valence-electron chi connectivity index (χ2n) is 12.7. The van der Waals surface area contributed by atoms with Crippen LogP contribution >= 0.6 is 0 Å². The highest BCUT2D eigenvalue weighted by molar-refractivity contribution is 5.97. The van der Waals surface area contributed by atoms with E-state index in [1.54, 1.807) is 30.8 Å². The van der Waals surface area contributed by atoms with Crippen LogP contribution in [0.2, 0.25) is 0 Å². The van der Waals surface area contributed by atoms with E-state index >= 15 is 0 Å². The molecule has 0 saturated heterocycles. The largest absolute Gasteiger partial charge is 0.354 e. The number of nitrogens with one attached hydrogen (secondary N) is 2. The number of aromatic amines is 1. The smallest absolute Gasteiger partial charge is 0.274 e. The van der Waals surface area contributed by atoms with Crippen molar-refractivity contribution in [2.75, 3.05) is 39.8 Å². The molecule has 46 heavy (non-hydrogen) atoms. The number of amides is 4. The van der Waals surface area contributed by atoms with E-state index in [9.17, 15) is 23.6 Å². The van der Waals surface area contributed by atoms with Crippen LogP contribution in [0.1, 0.15) is 71.0 Å². The van der Waals surface area contributed by atoms with Crippen LogP contribution in [0, 0.1) is 18.7 Å². The Bertz CT molecular complexity index is 1610. The van der Waals surface area contributed by atoms with E-state index in [4.69, 9.17) is 0 Å². The Morgan fingerprint density at radius 2 is 1.85 bits per heavy atom. The Morgan fingerprint density at radius 3 is 2.57 bits per heavy atom. The first kappa shape index (κ1) is 32.8. The van der Waals surface area contributed by atoms with Gasteiger partial charge in [0.1, 0.15) is 23.9 Å². The number of carbonyl (C=O) groups is 4. The fourth-order valence-electron chi connectivity index (χ4n) is 6.21. The lowest BCUT2D eigenvalue weighted by molar-refractivity contribution is -0.134. The fourth-order valence-corrected chi connectivity index (χ4v) is 6.21. The number of imidazole rings is 1. The van der Waals surface area contributed by atoms with E-state index in [1.165, 1.54) is 21.9 Å². The molecule has 2 N–H and O–H groups in total. The van der Waals surface area contributed by atoms with E-state index in [1.807, 2.05) is 11.9 Å². The van der Waals surface area contributed by atoms with Crippen LogP contribution in [0.25, 0.3) is 11.4 Å². The van der Waals surface area contributed by atoms with Gasteiger partial charge in [0.2, 0.25) is 11.8 Å². The molecule has 1 unspecified atom stereocenters. The first-order valence-electron chi connectivity index (χ1n) is 15.9. The molecule has 12 nitrogen and oxygen atoms in total. The first-order valence-corrected chi connectivity index (χ1v) is 15.9. The number of rotatable bonds is 5. The van der Waals surface area contributed by atoms with Crippen LogP contribution in [0.5, 0.6) is 0 Å². The number of likely N-dealkylation sites (N-methyl/N-ethyl adjacent to an activating group) is 1. The van der Waals surface area contributed by atoms with Gasteiger partial charge in [-0.1, -0.05) is 13.8 Å². The normalized spacial score (nSPS) is 18.4. The van der Waals surface area contributed by atoms with Crippen LogP contribution in [0.4, 0.5) is 4.39 Å². The van der Waals surface area contributed by atoms with Crippen molar-refractivity contribution in [1.29, 1.82) is 0 Å². The van der Waals surface area contributed by atoms with Crippen LogP contribution in [0.15, 0.2) is 24.3 Å². The summed E-state index contributed by atoms with van der Waals surface area (Å²) >= 11 is 0. The Labute approximate surface area is 268 Å². The van der Waals surface area contributed by atoms with Gasteiger partial charge >= 0.3 is 0 Å². The standard InChI is InChI=1S/C33H43FN8O4/c1-20(2)13-16-42-24-11-12-26-25(17-24)30(38-40(26)5)32(45)39(4)18-27(43)35-14-6-15-41(19-28(42)44)33(46)29-21(3)36-31(37-29)22-7-9-23(34)10-8-22/h7-10,20,24H,6,11-19H2,1-5H3,(H,35,43)(H,36,37). The minimum atomic E-state index is -0.405. The van der Waals surface area contributed by atoms with Gasteiger partial charge in [-0.15, -0.1) is 0 Å². The van der Waals surface area contributed by atoms with Gasteiger partial charge in [-0.2, -0.15) is 5.10 Å². The number of nitrogens with zero attached hydrogens (tertiary/aromatic N) is 6. The number of fused-ring (bicyclic) bond motifs is 1. The van der Waals surface area contributed by atoms with Crippen molar-refractivity contribution in [1.82, 2.24) is 39.8 Å². The first-order chi connectivity index (χ1) is 21.9. The zero-order valence-electron chi connectivity index (χ0n) is 27.2. The number of aromatic nitrogens is 4. The second-order valence-corrected chi connectivity index (χ2v) is 12.7. The molecule has 4 amide bonds. The summed E-state index contributed by atoms with van der Waals surface area (Å²) in [5, 5.41) is 7.36. The Balaban J connectivity index is 1.47. The van der Waals surface area contributed by atoms with E-state index < -0.39 is 5.91 Å². The van der Waals surface area contributed by atoms with Crippen molar-refractivity contribution in [3.63, 3.8) is 0 Å². The fraction of sp³-hybridized carbons (Fsp3) is 0.515. The zero-order valence-corrected chi connectivity index (χ0v) is 27.2. The monoisotopic (exact) mass is 634 g/mol. The summed E-state index contributed by atoms with van der Waals surface area (Å²) in [7, 11) is 3.40. The molecule has 1 atom stereocenters. The molecular weight excluding hydrogens is 591 g/mol. The van der Waals surface area contributed by atoms with Crippen molar-refractivity contribution < 1.29 is 23.6 Å². The van der Waals surface area contributed by atoms with Crippen molar-refractivity contribution in [3.05, 3.63) is 58.4 Å². The van der Waals surface area contributed by atoms with Gasteiger partial charge in [-0.05, 0) is 69.2 Å². The minimum absolute atomic E-state index is 0.131. The van der Waals surface area contributed by atoms with Gasteiger partial charge in [-0.25, -0.2) is 9.37 Å². The van der Waals surface area contributed by atoms with Crippen molar-refractivity contribution in [2.45, 2.75) is 58.9 Å². The Morgan fingerprint density at radius 1 is 1.11 bits per heavy atom. The van der Waals surface area contributed by atoms with Gasteiger partial charge < -0.3 is 25.0 Å². The molecule has 3 aromatic rings. The number of carbonyl (C=O) groups excluding carboxylic acids is 4. The summed E-state index contributed by atoms with van der Waals surface area (Å²) in [6.45, 7) is 6.64. The average Bonchev–Trinajstić information content (AvgIpc) is 3.57. The molecule has 5 rings (SSSR count). The molecule has 2 bridgehead atoms.